The molecule has 5 rings (SSSR count). The summed E-state index contributed by atoms with van der Waals surface area (Å²) in [5, 5.41) is 3.10. The molecule has 1 unspecified atom stereocenters. The summed E-state index contributed by atoms with van der Waals surface area (Å²) in [6.07, 6.45) is 3.34. The van der Waals surface area contributed by atoms with E-state index in [1.807, 2.05) is 47.4 Å². The second-order valence-electron chi connectivity index (χ2n) is 9.19. The van der Waals surface area contributed by atoms with E-state index in [2.05, 4.69) is 15.2 Å². The van der Waals surface area contributed by atoms with Crippen molar-refractivity contribution in [1.82, 2.24) is 24.8 Å². The lowest BCUT2D eigenvalue weighted by Gasteiger charge is -2.33. The van der Waals surface area contributed by atoms with E-state index < -0.39 is 0 Å². The zero-order valence-corrected chi connectivity index (χ0v) is 19.9. The van der Waals surface area contributed by atoms with Gasteiger partial charge >= 0.3 is 0 Å². The number of benzene rings is 1. The Morgan fingerprint density at radius 3 is 2.74 bits per heavy atom. The number of nitrogens with zero attached hydrogens (tertiary/aromatic N) is 5. The highest BCUT2D eigenvalue weighted by Gasteiger charge is 2.29. The van der Waals surface area contributed by atoms with Gasteiger partial charge in [0.05, 0.1) is 25.7 Å². The third-order valence-corrected chi connectivity index (χ3v) is 6.79. The Kier molecular flexibility index (Phi) is 7.34. The summed E-state index contributed by atoms with van der Waals surface area (Å²) in [5.41, 5.74) is 2.10. The molecule has 4 heterocycles. The lowest BCUT2D eigenvalue weighted by atomic mass is 9.97. The minimum atomic E-state index is -0.173. The Morgan fingerprint density at radius 1 is 1.09 bits per heavy atom. The fourth-order valence-electron chi connectivity index (χ4n) is 4.87. The van der Waals surface area contributed by atoms with Crippen molar-refractivity contribution in [2.24, 2.45) is 5.92 Å². The molecule has 2 aliphatic rings. The smallest absolute Gasteiger partial charge is 0.295 e. The third kappa shape index (κ3) is 5.52. The maximum absolute atomic E-state index is 13.6. The van der Waals surface area contributed by atoms with E-state index >= 15 is 0 Å². The maximum Gasteiger partial charge on any atom is 0.295 e. The van der Waals surface area contributed by atoms with Crippen LogP contribution in [0.5, 0.6) is 0 Å². The molecule has 2 aromatic heterocycles. The van der Waals surface area contributed by atoms with Crippen molar-refractivity contribution in [1.29, 1.82) is 0 Å². The van der Waals surface area contributed by atoms with E-state index in [1.54, 1.807) is 10.8 Å². The van der Waals surface area contributed by atoms with Crippen LogP contribution in [0.4, 0.5) is 5.82 Å². The summed E-state index contributed by atoms with van der Waals surface area (Å²) < 4.78 is 7.08. The van der Waals surface area contributed by atoms with E-state index in [0.29, 0.717) is 43.2 Å². The molecule has 9 nitrogen and oxygen atoms in total. The lowest BCUT2D eigenvalue weighted by molar-refractivity contribution is -0.125. The second-order valence-corrected chi connectivity index (χ2v) is 9.19. The third-order valence-electron chi connectivity index (χ3n) is 6.79. The van der Waals surface area contributed by atoms with Gasteiger partial charge in [0.15, 0.2) is 11.5 Å². The lowest BCUT2D eigenvalue weighted by Crippen LogP contribution is -2.47. The molecule has 1 amide bonds. The first-order valence-electron chi connectivity index (χ1n) is 12.4. The van der Waals surface area contributed by atoms with Crippen LogP contribution in [0, 0.1) is 5.92 Å². The topological polar surface area (TPSA) is 92.6 Å². The number of amides is 1. The Morgan fingerprint density at radius 2 is 1.91 bits per heavy atom. The summed E-state index contributed by atoms with van der Waals surface area (Å²) in [5.74, 6) is 0.282. The fourth-order valence-corrected chi connectivity index (χ4v) is 4.87. The van der Waals surface area contributed by atoms with Crippen LogP contribution < -0.4 is 15.8 Å². The quantitative estimate of drug-likeness (QED) is 0.553. The molecule has 0 aliphatic carbocycles. The SMILES string of the molecule is O=C(NCCN1CCOCC1)C1CCCN(c2nc3cccnc3n(Cc3ccccc3)c2=O)C1. The predicted octanol–water partition coefficient (Wildman–Crippen LogP) is 1.50. The van der Waals surface area contributed by atoms with E-state index in [-0.39, 0.29) is 17.4 Å². The van der Waals surface area contributed by atoms with Crippen LogP contribution in [0.3, 0.4) is 0 Å². The number of aromatic nitrogens is 3. The van der Waals surface area contributed by atoms with Gasteiger partial charge in [-0.3, -0.25) is 19.1 Å². The number of nitrogens with one attached hydrogen (secondary N) is 1. The number of hydrogen-bond acceptors (Lipinski definition) is 7. The highest BCUT2D eigenvalue weighted by molar-refractivity contribution is 5.79. The van der Waals surface area contributed by atoms with Crippen LogP contribution in [-0.4, -0.2) is 77.8 Å². The van der Waals surface area contributed by atoms with E-state index in [0.717, 1.165) is 51.3 Å². The van der Waals surface area contributed by atoms with Crippen molar-refractivity contribution >= 4 is 22.9 Å². The number of anilines is 1. The molecule has 1 aromatic carbocycles. The number of carbonyl (C=O) groups is 1. The molecule has 35 heavy (non-hydrogen) atoms. The van der Waals surface area contributed by atoms with Gasteiger partial charge < -0.3 is 15.0 Å². The van der Waals surface area contributed by atoms with Gasteiger partial charge in [-0.1, -0.05) is 30.3 Å². The second kappa shape index (κ2) is 11.0. The number of hydrogen-bond donors (Lipinski definition) is 1. The Bertz CT molecular complexity index is 1210. The number of fused-ring (bicyclic) bond motifs is 1. The molecule has 2 fully saturated rings. The average molecular weight is 477 g/mol. The number of morpholine rings is 1. The molecule has 0 saturated carbocycles. The van der Waals surface area contributed by atoms with E-state index in [4.69, 9.17) is 9.72 Å². The minimum absolute atomic E-state index is 0.0510. The molecule has 1 atom stereocenters. The van der Waals surface area contributed by atoms with Crippen LogP contribution in [-0.2, 0) is 16.1 Å². The zero-order chi connectivity index (χ0) is 24.0. The number of pyridine rings is 1. The number of piperidine rings is 1. The Labute approximate surface area is 204 Å². The maximum atomic E-state index is 13.6. The molecule has 2 saturated heterocycles. The van der Waals surface area contributed by atoms with Gasteiger partial charge in [-0.15, -0.1) is 0 Å². The standard InChI is InChI=1S/C26H32N6O3/c33-25(28-11-13-30-14-16-35-17-15-30)21-8-5-12-31(19-21)24-26(34)32(18-20-6-2-1-3-7-20)23-22(29-24)9-4-10-27-23/h1-4,6-7,9-10,21H,5,8,11-19H2,(H,28,33). The molecular weight excluding hydrogens is 444 g/mol. The number of rotatable bonds is 7. The molecule has 3 aromatic rings. The van der Waals surface area contributed by atoms with Gasteiger partial charge in [-0.05, 0) is 30.5 Å². The van der Waals surface area contributed by atoms with Crippen LogP contribution in [0.25, 0.3) is 11.2 Å². The summed E-state index contributed by atoms with van der Waals surface area (Å²) in [4.78, 5) is 40.0. The van der Waals surface area contributed by atoms with Crippen LogP contribution in [0.15, 0.2) is 53.5 Å². The van der Waals surface area contributed by atoms with E-state index in [9.17, 15) is 9.59 Å². The molecular formula is C26H32N6O3. The molecule has 9 heteroatoms. The zero-order valence-electron chi connectivity index (χ0n) is 19.9. The fraction of sp³-hybridized carbons (Fsp3) is 0.462. The van der Waals surface area contributed by atoms with Gasteiger partial charge in [0.2, 0.25) is 5.91 Å². The molecule has 0 bridgehead atoms. The van der Waals surface area contributed by atoms with Crippen LogP contribution in [0.2, 0.25) is 0 Å². The van der Waals surface area contributed by atoms with Gasteiger partial charge in [-0.2, -0.15) is 0 Å². The molecule has 0 spiro atoms. The molecule has 2 aliphatic heterocycles. The first-order chi connectivity index (χ1) is 17.2. The highest BCUT2D eigenvalue weighted by Crippen LogP contribution is 2.22. The number of carbonyl (C=O) groups excluding carboxylic acids is 1. The number of ether oxygens (including phenoxy) is 1. The van der Waals surface area contributed by atoms with Crippen LogP contribution in [0.1, 0.15) is 18.4 Å². The Hall–Kier alpha value is -3.30. The largest absolute Gasteiger partial charge is 0.379 e. The van der Waals surface area contributed by atoms with Crippen LogP contribution >= 0.6 is 0 Å². The van der Waals surface area contributed by atoms with Gasteiger partial charge in [-0.25, -0.2) is 9.97 Å². The summed E-state index contributed by atoms with van der Waals surface area (Å²) >= 11 is 0. The first-order valence-corrected chi connectivity index (χ1v) is 12.4. The van der Waals surface area contributed by atoms with Crippen molar-refractivity contribution in [3.63, 3.8) is 0 Å². The van der Waals surface area contributed by atoms with Crippen molar-refractivity contribution in [3.05, 3.63) is 64.6 Å². The monoisotopic (exact) mass is 476 g/mol. The average Bonchev–Trinajstić information content (AvgIpc) is 2.91. The minimum Gasteiger partial charge on any atom is -0.379 e. The molecule has 1 N–H and O–H groups in total. The Balaban J connectivity index is 1.32. The van der Waals surface area contributed by atoms with Gasteiger partial charge in [0.1, 0.15) is 5.52 Å². The van der Waals surface area contributed by atoms with Crippen molar-refractivity contribution < 1.29 is 9.53 Å². The van der Waals surface area contributed by atoms with Crippen molar-refractivity contribution in [3.8, 4) is 0 Å². The normalized spacial score (nSPS) is 19.1. The summed E-state index contributed by atoms with van der Waals surface area (Å²) in [6.45, 7) is 6.38. The van der Waals surface area contributed by atoms with E-state index in [1.165, 1.54) is 0 Å². The highest BCUT2D eigenvalue weighted by atomic mass is 16.5. The van der Waals surface area contributed by atoms with Gasteiger partial charge in [0, 0.05) is 45.5 Å². The van der Waals surface area contributed by atoms with Crippen molar-refractivity contribution in [2.75, 3.05) is 57.4 Å². The van der Waals surface area contributed by atoms with Gasteiger partial charge in [0.25, 0.3) is 5.56 Å². The predicted molar refractivity (Wildman–Crippen MR) is 135 cm³/mol. The first kappa shape index (κ1) is 23.4. The summed E-state index contributed by atoms with van der Waals surface area (Å²) in [6, 6.07) is 13.6. The summed E-state index contributed by atoms with van der Waals surface area (Å²) in [7, 11) is 0. The molecule has 184 valence electrons. The molecule has 0 radical (unpaired) electrons. The van der Waals surface area contributed by atoms with Crippen molar-refractivity contribution in [2.45, 2.75) is 19.4 Å².